The molecular formula is C14H22N2O2S. The molecule has 2 rings (SSSR count). The summed E-state index contributed by atoms with van der Waals surface area (Å²) >= 11 is 0. The quantitative estimate of drug-likeness (QED) is 0.872. The van der Waals surface area contributed by atoms with Crippen LogP contribution in [0.5, 0.6) is 0 Å². The molecule has 0 heterocycles. The standard InChI is InChI=1S/C14H22N2O2S/c1-2-15-19(17,18)16-14-11-7-6-10-13(14)12-8-4-3-5-9-12/h6-7,10-12,15-16H,2-5,8-9H2,1H3. The topological polar surface area (TPSA) is 58.2 Å². The third kappa shape index (κ3) is 3.94. The van der Waals surface area contributed by atoms with E-state index in [4.69, 9.17) is 0 Å². The predicted molar refractivity (Wildman–Crippen MR) is 78.5 cm³/mol. The Hall–Kier alpha value is -1.07. The first-order chi connectivity index (χ1) is 9.12. The Morgan fingerprint density at radius 1 is 1.16 bits per heavy atom. The van der Waals surface area contributed by atoms with Crippen molar-refractivity contribution < 1.29 is 8.42 Å². The molecule has 0 amide bonds. The summed E-state index contributed by atoms with van der Waals surface area (Å²) in [5.41, 5.74) is 1.85. The molecule has 0 saturated heterocycles. The fraction of sp³-hybridized carbons (Fsp3) is 0.571. The number of hydrogen-bond acceptors (Lipinski definition) is 2. The van der Waals surface area contributed by atoms with E-state index in [0.29, 0.717) is 12.5 Å². The van der Waals surface area contributed by atoms with Crippen LogP contribution in [-0.2, 0) is 10.2 Å². The maximum atomic E-state index is 11.8. The van der Waals surface area contributed by atoms with E-state index >= 15 is 0 Å². The van der Waals surface area contributed by atoms with Crippen LogP contribution in [0.2, 0.25) is 0 Å². The van der Waals surface area contributed by atoms with Crippen LogP contribution in [0.1, 0.15) is 50.5 Å². The Kier molecular flexibility index (Phi) is 4.82. The van der Waals surface area contributed by atoms with Gasteiger partial charge in [0.05, 0.1) is 5.69 Å². The van der Waals surface area contributed by atoms with Gasteiger partial charge in [-0.2, -0.15) is 13.1 Å². The second-order valence-electron chi connectivity index (χ2n) is 5.03. The molecule has 0 bridgehead atoms. The van der Waals surface area contributed by atoms with E-state index in [1.54, 1.807) is 6.92 Å². The Morgan fingerprint density at radius 2 is 1.84 bits per heavy atom. The van der Waals surface area contributed by atoms with E-state index in [9.17, 15) is 8.42 Å². The van der Waals surface area contributed by atoms with Crippen LogP contribution >= 0.6 is 0 Å². The van der Waals surface area contributed by atoms with Crippen molar-refractivity contribution >= 4 is 15.9 Å². The van der Waals surface area contributed by atoms with Crippen molar-refractivity contribution in [2.75, 3.05) is 11.3 Å². The minimum Gasteiger partial charge on any atom is -0.271 e. The molecule has 1 fully saturated rings. The number of anilines is 1. The molecule has 0 atom stereocenters. The zero-order chi connectivity index (χ0) is 13.7. The van der Waals surface area contributed by atoms with Crippen molar-refractivity contribution in [3.8, 4) is 0 Å². The molecule has 5 heteroatoms. The van der Waals surface area contributed by atoms with E-state index in [1.165, 1.54) is 19.3 Å². The summed E-state index contributed by atoms with van der Waals surface area (Å²) in [6.07, 6.45) is 6.07. The highest BCUT2D eigenvalue weighted by Crippen LogP contribution is 2.36. The SMILES string of the molecule is CCNS(=O)(=O)Nc1ccccc1C1CCCCC1. The molecule has 0 aliphatic heterocycles. The Morgan fingerprint density at radius 3 is 2.53 bits per heavy atom. The summed E-state index contributed by atoms with van der Waals surface area (Å²) in [6, 6.07) is 7.74. The number of para-hydroxylation sites is 1. The van der Waals surface area contributed by atoms with Gasteiger partial charge in [-0.15, -0.1) is 0 Å². The first kappa shape index (κ1) is 14.3. The monoisotopic (exact) mass is 282 g/mol. The Labute approximate surface area is 115 Å². The molecule has 4 nitrogen and oxygen atoms in total. The van der Waals surface area contributed by atoms with Crippen LogP contribution in [0.3, 0.4) is 0 Å². The zero-order valence-electron chi connectivity index (χ0n) is 11.4. The van der Waals surface area contributed by atoms with Gasteiger partial charge in [0.25, 0.3) is 10.2 Å². The maximum absolute atomic E-state index is 11.8. The van der Waals surface area contributed by atoms with E-state index < -0.39 is 10.2 Å². The minimum atomic E-state index is -3.45. The molecule has 19 heavy (non-hydrogen) atoms. The van der Waals surface area contributed by atoms with E-state index in [0.717, 1.165) is 24.1 Å². The third-order valence-electron chi connectivity index (χ3n) is 3.58. The number of nitrogens with one attached hydrogen (secondary N) is 2. The van der Waals surface area contributed by atoms with Crippen LogP contribution in [0.4, 0.5) is 5.69 Å². The minimum absolute atomic E-state index is 0.390. The predicted octanol–water partition coefficient (Wildman–Crippen LogP) is 3.00. The summed E-state index contributed by atoms with van der Waals surface area (Å²) in [7, 11) is -3.45. The van der Waals surface area contributed by atoms with Gasteiger partial charge in [0.1, 0.15) is 0 Å². The lowest BCUT2D eigenvalue weighted by molar-refractivity contribution is 0.444. The molecule has 1 aliphatic rings. The molecule has 0 radical (unpaired) electrons. The second kappa shape index (κ2) is 6.39. The summed E-state index contributed by atoms with van der Waals surface area (Å²) in [4.78, 5) is 0. The van der Waals surface area contributed by atoms with E-state index in [2.05, 4.69) is 9.44 Å². The van der Waals surface area contributed by atoms with Crippen molar-refractivity contribution in [2.45, 2.75) is 44.9 Å². The van der Waals surface area contributed by atoms with Gasteiger partial charge in [-0.3, -0.25) is 4.72 Å². The van der Waals surface area contributed by atoms with Gasteiger partial charge in [0.2, 0.25) is 0 Å². The van der Waals surface area contributed by atoms with E-state index in [-0.39, 0.29) is 0 Å². The second-order valence-corrected chi connectivity index (χ2v) is 6.53. The zero-order valence-corrected chi connectivity index (χ0v) is 12.2. The normalized spacial score (nSPS) is 17.3. The third-order valence-corrected chi connectivity index (χ3v) is 4.74. The van der Waals surface area contributed by atoms with Crippen LogP contribution in [0.25, 0.3) is 0 Å². The smallest absolute Gasteiger partial charge is 0.271 e. The maximum Gasteiger partial charge on any atom is 0.299 e. The first-order valence-electron chi connectivity index (χ1n) is 6.98. The lowest BCUT2D eigenvalue weighted by atomic mass is 9.83. The van der Waals surface area contributed by atoms with Gasteiger partial charge in [-0.05, 0) is 30.4 Å². The van der Waals surface area contributed by atoms with Crippen LogP contribution in [0.15, 0.2) is 24.3 Å². The van der Waals surface area contributed by atoms with Crippen molar-refractivity contribution in [2.24, 2.45) is 0 Å². The largest absolute Gasteiger partial charge is 0.299 e. The molecular weight excluding hydrogens is 260 g/mol. The average molecular weight is 282 g/mol. The van der Waals surface area contributed by atoms with Gasteiger partial charge in [0.15, 0.2) is 0 Å². The van der Waals surface area contributed by atoms with E-state index in [1.807, 2.05) is 24.3 Å². The lowest BCUT2D eigenvalue weighted by Gasteiger charge is -2.24. The fourth-order valence-electron chi connectivity index (χ4n) is 2.73. The fourth-order valence-corrected chi connectivity index (χ4v) is 3.66. The summed E-state index contributed by atoms with van der Waals surface area (Å²) in [5.74, 6) is 0.481. The van der Waals surface area contributed by atoms with Gasteiger partial charge in [0, 0.05) is 6.54 Å². The van der Waals surface area contributed by atoms with Crippen molar-refractivity contribution in [1.29, 1.82) is 0 Å². The molecule has 1 aliphatic carbocycles. The highest BCUT2D eigenvalue weighted by molar-refractivity contribution is 7.90. The summed E-state index contributed by atoms with van der Waals surface area (Å²) in [6.45, 7) is 2.16. The number of rotatable bonds is 5. The van der Waals surface area contributed by atoms with Crippen molar-refractivity contribution in [1.82, 2.24) is 4.72 Å². The Balaban J connectivity index is 2.20. The van der Waals surface area contributed by atoms with Gasteiger partial charge in [-0.1, -0.05) is 44.4 Å². The molecule has 0 unspecified atom stereocenters. The van der Waals surface area contributed by atoms with Crippen LogP contribution < -0.4 is 9.44 Å². The van der Waals surface area contributed by atoms with Crippen LogP contribution in [-0.4, -0.2) is 15.0 Å². The molecule has 1 aromatic carbocycles. The first-order valence-corrected chi connectivity index (χ1v) is 8.47. The lowest BCUT2D eigenvalue weighted by Crippen LogP contribution is -2.30. The molecule has 1 aromatic rings. The molecule has 0 aromatic heterocycles. The molecule has 2 N–H and O–H groups in total. The van der Waals surface area contributed by atoms with Gasteiger partial charge in [-0.25, -0.2) is 0 Å². The highest BCUT2D eigenvalue weighted by atomic mass is 32.2. The summed E-state index contributed by atoms with van der Waals surface area (Å²) < 4.78 is 28.7. The van der Waals surface area contributed by atoms with Crippen LogP contribution in [0, 0.1) is 0 Å². The van der Waals surface area contributed by atoms with Gasteiger partial charge >= 0.3 is 0 Å². The highest BCUT2D eigenvalue weighted by Gasteiger charge is 2.20. The molecule has 1 saturated carbocycles. The van der Waals surface area contributed by atoms with Crippen molar-refractivity contribution in [3.63, 3.8) is 0 Å². The molecule has 106 valence electrons. The average Bonchev–Trinajstić information content (AvgIpc) is 2.40. The molecule has 0 spiro atoms. The van der Waals surface area contributed by atoms with Crippen molar-refractivity contribution in [3.05, 3.63) is 29.8 Å². The number of hydrogen-bond donors (Lipinski definition) is 2. The number of benzene rings is 1. The Bertz CT molecular complexity index is 508. The van der Waals surface area contributed by atoms with Gasteiger partial charge < -0.3 is 0 Å². The summed E-state index contributed by atoms with van der Waals surface area (Å²) in [5, 5.41) is 0.